The molecule has 6 nitrogen and oxygen atoms in total. The minimum atomic E-state index is -3.39. The van der Waals surface area contributed by atoms with Crippen LogP contribution < -0.4 is 5.32 Å². The number of amides is 1. The summed E-state index contributed by atoms with van der Waals surface area (Å²) in [5.41, 5.74) is 2.26. The Bertz CT molecular complexity index is 921. The van der Waals surface area contributed by atoms with Gasteiger partial charge in [-0.2, -0.15) is 4.31 Å². The van der Waals surface area contributed by atoms with Gasteiger partial charge in [-0.3, -0.25) is 4.79 Å². The molecule has 7 heteroatoms. The number of nitrogens with zero attached hydrogens (tertiary/aromatic N) is 1. The first kappa shape index (κ1) is 22.5. The molecular weight excluding hydrogens is 400 g/mol. The maximum atomic E-state index is 12.8. The fourth-order valence-electron chi connectivity index (χ4n) is 3.56. The summed E-state index contributed by atoms with van der Waals surface area (Å²) in [6.45, 7) is 5.89. The highest BCUT2D eigenvalue weighted by molar-refractivity contribution is 7.88. The molecule has 1 N–H and O–H groups in total. The van der Waals surface area contributed by atoms with Crippen LogP contribution in [0.2, 0.25) is 0 Å². The van der Waals surface area contributed by atoms with Crippen LogP contribution in [0.15, 0.2) is 54.6 Å². The van der Waals surface area contributed by atoms with Gasteiger partial charge in [0.05, 0.1) is 25.0 Å². The van der Waals surface area contributed by atoms with E-state index in [9.17, 15) is 13.2 Å². The van der Waals surface area contributed by atoms with Gasteiger partial charge < -0.3 is 10.1 Å². The average Bonchev–Trinajstić information content (AvgIpc) is 2.74. The van der Waals surface area contributed by atoms with Gasteiger partial charge in [0.25, 0.3) is 5.91 Å². The summed E-state index contributed by atoms with van der Waals surface area (Å²) in [6.07, 6.45) is 0.839. The van der Waals surface area contributed by atoms with Crippen molar-refractivity contribution in [2.45, 2.75) is 32.1 Å². The summed E-state index contributed by atoms with van der Waals surface area (Å²) in [7, 11) is -3.39. The molecule has 1 amide bonds. The zero-order valence-electron chi connectivity index (χ0n) is 17.6. The van der Waals surface area contributed by atoms with Crippen molar-refractivity contribution < 1.29 is 17.9 Å². The van der Waals surface area contributed by atoms with E-state index < -0.39 is 10.0 Å². The van der Waals surface area contributed by atoms with E-state index >= 15 is 0 Å². The lowest BCUT2D eigenvalue weighted by atomic mass is 9.96. The van der Waals surface area contributed by atoms with E-state index in [-0.39, 0.29) is 17.7 Å². The molecule has 2 aromatic carbocycles. The predicted molar refractivity (Wildman–Crippen MR) is 118 cm³/mol. The first-order valence-corrected chi connectivity index (χ1v) is 12.0. The zero-order chi connectivity index (χ0) is 21.6. The third-order valence-corrected chi connectivity index (χ3v) is 6.99. The number of carbonyl (C=O) groups excluding carboxylic acids is 1. The van der Waals surface area contributed by atoms with Crippen LogP contribution in [0.5, 0.6) is 0 Å². The fourth-order valence-corrected chi connectivity index (χ4v) is 5.06. The van der Waals surface area contributed by atoms with Crippen LogP contribution in [0.3, 0.4) is 0 Å². The average molecular weight is 431 g/mol. The Morgan fingerprint density at radius 2 is 1.67 bits per heavy atom. The molecule has 1 atom stereocenters. The maximum absolute atomic E-state index is 12.8. The number of nitrogens with one attached hydrogen (secondary N) is 1. The summed E-state index contributed by atoms with van der Waals surface area (Å²) >= 11 is 0. The van der Waals surface area contributed by atoms with Crippen molar-refractivity contribution in [3.8, 4) is 0 Å². The molecule has 0 spiro atoms. The molecule has 1 saturated heterocycles. The van der Waals surface area contributed by atoms with Crippen molar-refractivity contribution in [3.05, 3.63) is 71.3 Å². The summed E-state index contributed by atoms with van der Waals surface area (Å²) in [4.78, 5) is 12.8. The molecule has 162 valence electrons. The van der Waals surface area contributed by atoms with E-state index in [0.29, 0.717) is 43.3 Å². The van der Waals surface area contributed by atoms with Gasteiger partial charge in [-0.15, -0.1) is 0 Å². The monoisotopic (exact) mass is 430 g/mol. The number of carbonyl (C=O) groups is 1. The highest BCUT2D eigenvalue weighted by Gasteiger charge is 2.24. The van der Waals surface area contributed by atoms with E-state index in [1.807, 2.05) is 30.3 Å². The number of hydrogen-bond donors (Lipinski definition) is 1. The SMILES string of the molecule is CC(C)CC(NC(=O)c1ccc(CS(=O)(=O)N2CCOCC2)cc1)c1ccccc1. The smallest absolute Gasteiger partial charge is 0.251 e. The quantitative estimate of drug-likeness (QED) is 0.697. The Hall–Kier alpha value is -2.22. The van der Waals surface area contributed by atoms with Gasteiger partial charge in [0, 0.05) is 18.7 Å². The number of ether oxygens (including phenoxy) is 1. The van der Waals surface area contributed by atoms with Crippen molar-refractivity contribution in [1.29, 1.82) is 0 Å². The molecule has 0 aromatic heterocycles. The van der Waals surface area contributed by atoms with E-state index in [1.165, 1.54) is 4.31 Å². The summed E-state index contributed by atoms with van der Waals surface area (Å²) in [5, 5.41) is 3.12. The van der Waals surface area contributed by atoms with E-state index in [4.69, 9.17) is 4.74 Å². The number of morpholine rings is 1. The van der Waals surface area contributed by atoms with Crippen LogP contribution in [0.1, 0.15) is 47.8 Å². The Morgan fingerprint density at radius 3 is 2.27 bits per heavy atom. The molecule has 1 unspecified atom stereocenters. The van der Waals surface area contributed by atoms with Crippen molar-refractivity contribution in [3.63, 3.8) is 0 Å². The fraction of sp³-hybridized carbons (Fsp3) is 0.435. The van der Waals surface area contributed by atoms with Crippen LogP contribution in [-0.2, 0) is 20.5 Å². The topological polar surface area (TPSA) is 75.7 Å². The molecule has 30 heavy (non-hydrogen) atoms. The second-order valence-electron chi connectivity index (χ2n) is 8.03. The molecular formula is C23H30N2O4S. The van der Waals surface area contributed by atoms with E-state index in [1.54, 1.807) is 24.3 Å². The normalized spacial score (nSPS) is 16.4. The van der Waals surface area contributed by atoms with Gasteiger partial charge in [0.2, 0.25) is 10.0 Å². The molecule has 1 heterocycles. The van der Waals surface area contributed by atoms with E-state index in [2.05, 4.69) is 19.2 Å². The first-order chi connectivity index (χ1) is 14.3. The number of benzene rings is 2. The molecule has 1 fully saturated rings. The van der Waals surface area contributed by atoms with Crippen LogP contribution in [0.4, 0.5) is 0 Å². The molecule has 0 saturated carbocycles. The van der Waals surface area contributed by atoms with Crippen molar-refractivity contribution in [2.75, 3.05) is 26.3 Å². The second-order valence-corrected chi connectivity index (χ2v) is 10.00. The lowest BCUT2D eigenvalue weighted by molar-refractivity contribution is 0.0729. The molecule has 0 aliphatic carbocycles. The van der Waals surface area contributed by atoms with Gasteiger partial charge in [0.1, 0.15) is 0 Å². The van der Waals surface area contributed by atoms with Gasteiger partial charge in [0.15, 0.2) is 0 Å². The summed E-state index contributed by atoms with van der Waals surface area (Å²) in [5.74, 6) is 0.199. The van der Waals surface area contributed by atoms with Crippen molar-refractivity contribution in [1.82, 2.24) is 9.62 Å². The largest absolute Gasteiger partial charge is 0.379 e. The summed E-state index contributed by atoms with van der Waals surface area (Å²) < 4.78 is 31.8. The van der Waals surface area contributed by atoms with Crippen LogP contribution in [0.25, 0.3) is 0 Å². The molecule has 1 aliphatic rings. The minimum Gasteiger partial charge on any atom is -0.379 e. The predicted octanol–water partition coefficient (Wildman–Crippen LogP) is 3.37. The third kappa shape index (κ3) is 6.14. The highest BCUT2D eigenvalue weighted by atomic mass is 32.2. The number of sulfonamides is 1. The van der Waals surface area contributed by atoms with E-state index in [0.717, 1.165) is 12.0 Å². The molecule has 1 aliphatic heterocycles. The summed E-state index contributed by atoms with van der Waals surface area (Å²) in [6, 6.07) is 16.7. The minimum absolute atomic E-state index is 0.0694. The van der Waals surface area contributed by atoms with Gasteiger partial charge in [-0.05, 0) is 35.6 Å². The number of hydrogen-bond acceptors (Lipinski definition) is 4. The highest BCUT2D eigenvalue weighted by Crippen LogP contribution is 2.22. The van der Waals surface area contributed by atoms with Crippen LogP contribution >= 0.6 is 0 Å². The third-order valence-electron chi connectivity index (χ3n) is 5.14. The zero-order valence-corrected chi connectivity index (χ0v) is 18.4. The van der Waals surface area contributed by atoms with Crippen molar-refractivity contribution in [2.24, 2.45) is 5.92 Å². The first-order valence-electron chi connectivity index (χ1n) is 10.4. The van der Waals surface area contributed by atoms with Crippen LogP contribution in [-0.4, -0.2) is 44.9 Å². The second kappa shape index (κ2) is 10.2. The van der Waals surface area contributed by atoms with Gasteiger partial charge >= 0.3 is 0 Å². The molecule has 0 bridgehead atoms. The Balaban J connectivity index is 1.66. The Kier molecular flexibility index (Phi) is 7.64. The maximum Gasteiger partial charge on any atom is 0.251 e. The Morgan fingerprint density at radius 1 is 1.03 bits per heavy atom. The van der Waals surface area contributed by atoms with Crippen LogP contribution in [0, 0.1) is 5.92 Å². The number of rotatable bonds is 8. The Labute approximate surface area is 179 Å². The molecule has 3 rings (SSSR count). The standard InChI is InChI=1S/C23H30N2O4S/c1-18(2)16-22(20-6-4-3-5-7-20)24-23(26)21-10-8-19(9-11-21)17-30(27,28)25-12-14-29-15-13-25/h3-11,18,22H,12-17H2,1-2H3,(H,24,26). The van der Waals surface area contributed by atoms with Gasteiger partial charge in [-0.1, -0.05) is 56.3 Å². The molecule has 2 aromatic rings. The van der Waals surface area contributed by atoms with Crippen molar-refractivity contribution >= 4 is 15.9 Å². The molecule has 0 radical (unpaired) electrons. The lowest BCUT2D eigenvalue weighted by Crippen LogP contribution is -2.41. The lowest BCUT2D eigenvalue weighted by Gasteiger charge is -2.26. The van der Waals surface area contributed by atoms with Gasteiger partial charge in [-0.25, -0.2) is 8.42 Å².